The molecule has 0 aliphatic carbocycles. The molecule has 29 heavy (non-hydrogen) atoms. The average molecular weight is 447 g/mol. The van der Waals surface area contributed by atoms with Crippen molar-refractivity contribution >= 4 is 57.3 Å². The van der Waals surface area contributed by atoms with Gasteiger partial charge in [-0.3, -0.25) is 9.59 Å². The van der Waals surface area contributed by atoms with Gasteiger partial charge in [-0.2, -0.15) is 0 Å². The van der Waals surface area contributed by atoms with Gasteiger partial charge < -0.3 is 10.2 Å². The van der Waals surface area contributed by atoms with Gasteiger partial charge in [0.05, 0.1) is 11.4 Å². The third kappa shape index (κ3) is 5.81. The van der Waals surface area contributed by atoms with Crippen LogP contribution >= 0.6 is 35.6 Å². The minimum absolute atomic E-state index is 0.186. The fraction of sp³-hybridized carbons (Fsp3) is 0.318. The Labute approximate surface area is 186 Å². The molecule has 0 unspecified atom stereocenters. The summed E-state index contributed by atoms with van der Waals surface area (Å²) in [5.74, 6) is -0.191. The van der Waals surface area contributed by atoms with E-state index in [9.17, 15) is 9.59 Å². The summed E-state index contributed by atoms with van der Waals surface area (Å²) in [7, 11) is 0. The number of carbonyl (C=O) groups is 2. The molecule has 1 aliphatic rings. The first-order valence-electron chi connectivity index (χ1n) is 9.58. The van der Waals surface area contributed by atoms with E-state index in [2.05, 4.69) is 17.1 Å². The second-order valence-corrected chi connectivity index (χ2v) is 9.07. The van der Waals surface area contributed by atoms with Crippen molar-refractivity contribution in [1.29, 1.82) is 0 Å². The van der Waals surface area contributed by atoms with Crippen molar-refractivity contribution in [1.82, 2.24) is 4.90 Å². The number of carbonyl (C=O) groups excluding carboxylic acids is 2. The van der Waals surface area contributed by atoms with Gasteiger partial charge in [0.2, 0.25) is 5.91 Å². The molecule has 0 aromatic heterocycles. The number of thioether (sulfide) groups is 1. The number of piperidine rings is 1. The summed E-state index contributed by atoms with van der Waals surface area (Å²) in [5, 5.41) is 3.28. The van der Waals surface area contributed by atoms with Crippen LogP contribution < -0.4 is 5.32 Å². The van der Waals surface area contributed by atoms with Crippen LogP contribution in [0.1, 0.15) is 42.1 Å². The van der Waals surface area contributed by atoms with Crippen molar-refractivity contribution < 1.29 is 9.59 Å². The maximum Gasteiger partial charge on any atom is 0.234 e. The van der Waals surface area contributed by atoms with Gasteiger partial charge in [0.15, 0.2) is 5.78 Å². The summed E-state index contributed by atoms with van der Waals surface area (Å²) in [4.78, 5) is 27.6. The summed E-state index contributed by atoms with van der Waals surface area (Å²) in [6.45, 7) is 3.11. The van der Waals surface area contributed by atoms with E-state index in [0.717, 1.165) is 23.7 Å². The van der Waals surface area contributed by atoms with Crippen LogP contribution in [0.5, 0.6) is 0 Å². The number of halogens is 1. The fourth-order valence-electron chi connectivity index (χ4n) is 3.32. The van der Waals surface area contributed by atoms with Crippen molar-refractivity contribution in [2.75, 3.05) is 17.6 Å². The lowest BCUT2D eigenvalue weighted by atomic mass is 10.0. The Balaban J connectivity index is 1.66. The normalized spacial score (nSPS) is 16.3. The van der Waals surface area contributed by atoms with Gasteiger partial charge >= 0.3 is 0 Å². The molecule has 1 heterocycles. The van der Waals surface area contributed by atoms with E-state index < -0.39 is 0 Å². The molecule has 0 radical (unpaired) electrons. The number of amides is 1. The predicted molar refractivity (Wildman–Crippen MR) is 125 cm³/mol. The number of benzene rings is 2. The summed E-state index contributed by atoms with van der Waals surface area (Å²) in [6.07, 6.45) is 3.48. The third-order valence-electron chi connectivity index (χ3n) is 4.90. The number of rotatable bonds is 5. The molecule has 4 nitrogen and oxygen atoms in total. The summed E-state index contributed by atoms with van der Waals surface area (Å²) in [6, 6.07) is 14.2. The number of ketones is 1. The van der Waals surface area contributed by atoms with Crippen molar-refractivity contribution in [3.63, 3.8) is 0 Å². The maximum absolute atomic E-state index is 12.9. The van der Waals surface area contributed by atoms with Gasteiger partial charge in [-0.1, -0.05) is 65.9 Å². The first-order valence-corrected chi connectivity index (χ1v) is 11.4. The molecule has 1 N–H and O–H groups in total. The number of nitrogens with zero attached hydrogens (tertiary/aromatic N) is 1. The van der Waals surface area contributed by atoms with Crippen LogP contribution in [-0.4, -0.2) is 39.3 Å². The topological polar surface area (TPSA) is 49.4 Å². The van der Waals surface area contributed by atoms with Gasteiger partial charge in [0.25, 0.3) is 0 Å². The van der Waals surface area contributed by atoms with Crippen molar-refractivity contribution in [2.45, 2.75) is 32.2 Å². The second-order valence-electron chi connectivity index (χ2n) is 7.03. The molecule has 0 bridgehead atoms. The zero-order valence-corrected chi connectivity index (χ0v) is 18.6. The molecular weight excluding hydrogens is 424 g/mol. The second kappa shape index (κ2) is 10.2. The van der Waals surface area contributed by atoms with Crippen molar-refractivity contribution in [3.8, 4) is 0 Å². The number of anilines is 1. The Morgan fingerprint density at radius 1 is 1.21 bits per heavy atom. The fourth-order valence-corrected chi connectivity index (χ4v) is 4.71. The molecule has 2 aromatic carbocycles. The van der Waals surface area contributed by atoms with Crippen molar-refractivity contribution in [3.05, 3.63) is 64.7 Å². The standard InChI is InChI=1S/C22H23ClN2O2S2/c1-15-7-5-6-12-25(15)22(28)29-14-20(26)24-19-11-10-17(23)13-18(19)21(27)16-8-3-2-4-9-16/h2-4,8-11,13,15H,5-7,12,14H2,1H3,(H,24,26)/t15-/m0/s1. The van der Waals surface area contributed by atoms with E-state index in [1.165, 1.54) is 18.2 Å². The number of thiocarbonyl (C=S) groups is 1. The number of hydrogen-bond acceptors (Lipinski definition) is 4. The minimum atomic E-state index is -0.202. The molecule has 1 fully saturated rings. The Morgan fingerprint density at radius 2 is 1.97 bits per heavy atom. The minimum Gasteiger partial charge on any atom is -0.355 e. The van der Waals surface area contributed by atoms with E-state index in [-0.39, 0.29) is 17.4 Å². The first kappa shape index (κ1) is 21.8. The van der Waals surface area contributed by atoms with Gasteiger partial charge in [0.1, 0.15) is 4.32 Å². The monoisotopic (exact) mass is 446 g/mol. The van der Waals surface area contributed by atoms with Crippen LogP contribution in [0.15, 0.2) is 48.5 Å². The number of hydrogen-bond donors (Lipinski definition) is 1. The SMILES string of the molecule is C[C@H]1CCCCN1C(=S)SCC(=O)Nc1ccc(Cl)cc1C(=O)c1ccccc1. The highest BCUT2D eigenvalue weighted by Crippen LogP contribution is 2.25. The predicted octanol–water partition coefficient (Wildman–Crippen LogP) is 5.40. The molecule has 0 spiro atoms. The Hall–Kier alpha value is -1.89. The van der Waals surface area contributed by atoms with E-state index in [1.807, 2.05) is 6.07 Å². The zero-order valence-electron chi connectivity index (χ0n) is 16.2. The summed E-state index contributed by atoms with van der Waals surface area (Å²) >= 11 is 13.0. The molecular formula is C22H23ClN2O2S2. The highest BCUT2D eigenvalue weighted by Gasteiger charge is 2.22. The van der Waals surface area contributed by atoms with Crippen LogP contribution in [0.3, 0.4) is 0 Å². The lowest BCUT2D eigenvalue weighted by Gasteiger charge is -2.35. The lowest BCUT2D eigenvalue weighted by Crippen LogP contribution is -2.40. The van der Waals surface area contributed by atoms with E-state index in [1.54, 1.807) is 42.5 Å². The molecule has 0 saturated carbocycles. The first-order chi connectivity index (χ1) is 14.0. The molecule has 1 amide bonds. The molecule has 1 atom stereocenters. The van der Waals surface area contributed by atoms with Gasteiger partial charge in [-0.15, -0.1) is 0 Å². The number of likely N-dealkylation sites (tertiary alicyclic amines) is 1. The molecule has 2 aromatic rings. The molecule has 152 valence electrons. The van der Waals surface area contributed by atoms with E-state index >= 15 is 0 Å². The van der Waals surface area contributed by atoms with Gasteiger partial charge in [-0.05, 0) is 44.4 Å². The molecule has 7 heteroatoms. The molecule has 1 aliphatic heterocycles. The molecule has 3 rings (SSSR count). The highest BCUT2D eigenvalue weighted by atomic mass is 35.5. The highest BCUT2D eigenvalue weighted by molar-refractivity contribution is 8.23. The van der Waals surface area contributed by atoms with E-state index in [4.69, 9.17) is 23.8 Å². The van der Waals surface area contributed by atoms with Crippen LogP contribution in [-0.2, 0) is 4.79 Å². The Kier molecular flexibility index (Phi) is 7.70. The summed E-state index contributed by atoms with van der Waals surface area (Å²) in [5.41, 5.74) is 1.36. The van der Waals surface area contributed by atoms with Gasteiger partial charge in [0, 0.05) is 28.7 Å². The van der Waals surface area contributed by atoms with Crippen LogP contribution in [0.4, 0.5) is 5.69 Å². The summed E-state index contributed by atoms with van der Waals surface area (Å²) < 4.78 is 0.754. The third-order valence-corrected chi connectivity index (χ3v) is 6.61. The smallest absolute Gasteiger partial charge is 0.234 e. The zero-order chi connectivity index (χ0) is 20.8. The van der Waals surface area contributed by atoms with Gasteiger partial charge in [-0.25, -0.2) is 0 Å². The van der Waals surface area contributed by atoms with Crippen LogP contribution in [0, 0.1) is 0 Å². The number of nitrogens with one attached hydrogen (secondary N) is 1. The van der Waals surface area contributed by atoms with Crippen molar-refractivity contribution in [2.24, 2.45) is 0 Å². The van der Waals surface area contributed by atoms with Crippen LogP contribution in [0.2, 0.25) is 5.02 Å². The van der Waals surface area contributed by atoms with E-state index in [0.29, 0.717) is 27.9 Å². The van der Waals surface area contributed by atoms with Crippen LogP contribution in [0.25, 0.3) is 0 Å². The lowest BCUT2D eigenvalue weighted by molar-refractivity contribution is -0.113. The largest absolute Gasteiger partial charge is 0.355 e. The molecule has 1 saturated heterocycles. The quantitative estimate of drug-likeness (QED) is 0.492. The Bertz CT molecular complexity index is 905. The maximum atomic E-state index is 12.9. The average Bonchev–Trinajstić information content (AvgIpc) is 2.73. The Morgan fingerprint density at radius 3 is 2.69 bits per heavy atom.